The first kappa shape index (κ1) is 18.4. The molecule has 0 atom stereocenters. The Morgan fingerprint density at radius 1 is 1.00 bits per heavy atom. The predicted octanol–water partition coefficient (Wildman–Crippen LogP) is 3.93. The molecule has 0 aromatic heterocycles. The third kappa shape index (κ3) is 3.76. The van der Waals surface area contributed by atoms with Gasteiger partial charge < -0.3 is 19.3 Å². The SMILES string of the molecule is COc1ccc(OC)c(/C=C/C(=O)c2c(O)c(C)cc(C)c2OC)c1. The van der Waals surface area contributed by atoms with E-state index in [2.05, 4.69) is 0 Å². The Bertz CT molecular complexity index is 821. The first-order valence-corrected chi connectivity index (χ1v) is 7.74. The molecule has 0 saturated heterocycles. The molecule has 0 saturated carbocycles. The lowest BCUT2D eigenvalue weighted by molar-refractivity contribution is 0.104. The Balaban J connectivity index is 2.46. The van der Waals surface area contributed by atoms with Crippen molar-refractivity contribution >= 4 is 11.9 Å². The van der Waals surface area contributed by atoms with Gasteiger partial charge in [-0.2, -0.15) is 0 Å². The Kier molecular flexibility index (Phi) is 5.70. The van der Waals surface area contributed by atoms with Crippen LogP contribution in [0.15, 0.2) is 30.3 Å². The molecule has 132 valence electrons. The standard InChI is InChI=1S/C20H22O5/c1-12-10-13(2)20(25-5)18(19(12)22)16(21)8-6-14-11-15(23-3)7-9-17(14)24-4/h6-11,22H,1-5H3/b8-6+. The van der Waals surface area contributed by atoms with E-state index in [1.54, 1.807) is 51.5 Å². The van der Waals surface area contributed by atoms with Gasteiger partial charge in [0.05, 0.1) is 21.3 Å². The van der Waals surface area contributed by atoms with Gasteiger partial charge in [-0.25, -0.2) is 0 Å². The predicted molar refractivity (Wildman–Crippen MR) is 97.0 cm³/mol. The van der Waals surface area contributed by atoms with Gasteiger partial charge >= 0.3 is 0 Å². The molecular formula is C20H22O5. The van der Waals surface area contributed by atoms with Gasteiger partial charge in [-0.1, -0.05) is 0 Å². The van der Waals surface area contributed by atoms with Crippen LogP contribution in [0, 0.1) is 13.8 Å². The molecule has 2 aromatic carbocycles. The van der Waals surface area contributed by atoms with Gasteiger partial charge in [-0.15, -0.1) is 0 Å². The van der Waals surface area contributed by atoms with E-state index in [-0.39, 0.29) is 17.1 Å². The van der Waals surface area contributed by atoms with Crippen molar-refractivity contribution in [2.45, 2.75) is 13.8 Å². The van der Waals surface area contributed by atoms with Crippen LogP contribution in [0.2, 0.25) is 0 Å². The monoisotopic (exact) mass is 342 g/mol. The van der Waals surface area contributed by atoms with Gasteiger partial charge in [-0.3, -0.25) is 4.79 Å². The zero-order valence-corrected chi connectivity index (χ0v) is 15.0. The van der Waals surface area contributed by atoms with Crippen LogP contribution in [-0.4, -0.2) is 32.2 Å². The molecular weight excluding hydrogens is 320 g/mol. The van der Waals surface area contributed by atoms with Crippen molar-refractivity contribution in [1.29, 1.82) is 0 Å². The normalized spacial score (nSPS) is 10.8. The average molecular weight is 342 g/mol. The largest absolute Gasteiger partial charge is 0.507 e. The van der Waals surface area contributed by atoms with Gasteiger partial charge in [0, 0.05) is 5.56 Å². The lowest BCUT2D eigenvalue weighted by atomic mass is 9.99. The van der Waals surface area contributed by atoms with Crippen LogP contribution >= 0.6 is 0 Å². The van der Waals surface area contributed by atoms with Gasteiger partial charge in [-0.05, 0) is 61.4 Å². The summed E-state index contributed by atoms with van der Waals surface area (Å²) in [5, 5.41) is 10.3. The van der Waals surface area contributed by atoms with E-state index in [0.717, 1.165) is 5.56 Å². The van der Waals surface area contributed by atoms with Crippen molar-refractivity contribution in [2.75, 3.05) is 21.3 Å². The van der Waals surface area contributed by atoms with Crippen molar-refractivity contribution in [3.05, 3.63) is 52.6 Å². The lowest BCUT2D eigenvalue weighted by Gasteiger charge is -2.13. The number of carbonyl (C=O) groups is 1. The van der Waals surface area contributed by atoms with Crippen LogP contribution in [0.1, 0.15) is 27.0 Å². The highest BCUT2D eigenvalue weighted by Crippen LogP contribution is 2.35. The minimum Gasteiger partial charge on any atom is -0.507 e. The van der Waals surface area contributed by atoms with Crippen LogP contribution in [-0.2, 0) is 0 Å². The van der Waals surface area contributed by atoms with Gasteiger partial charge in [0.1, 0.15) is 28.6 Å². The second-order valence-electron chi connectivity index (χ2n) is 5.57. The molecule has 0 aliphatic heterocycles. The van der Waals surface area contributed by atoms with Crippen molar-refractivity contribution < 1.29 is 24.1 Å². The second kappa shape index (κ2) is 7.75. The molecule has 0 fully saturated rings. The maximum absolute atomic E-state index is 12.7. The number of ketones is 1. The molecule has 5 heteroatoms. The maximum Gasteiger partial charge on any atom is 0.193 e. The molecule has 5 nitrogen and oxygen atoms in total. The van der Waals surface area contributed by atoms with Gasteiger partial charge in [0.15, 0.2) is 5.78 Å². The molecule has 2 aromatic rings. The summed E-state index contributed by atoms with van der Waals surface area (Å²) in [6, 6.07) is 7.08. The molecule has 0 amide bonds. The fourth-order valence-corrected chi connectivity index (χ4v) is 2.67. The number of methoxy groups -OCH3 is 3. The molecule has 0 aliphatic rings. The Morgan fingerprint density at radius 3 is 2.32 bits per heavy atom. The van der Waals surface area contributed by atoms with Gasteiger partial charge in [0.2, 0.25) is 0 Å². The number of allylic oxidation sites excluding steroid dienone is 1. The topological polar surface area (TPSA) is 65.0 Å². The zero-order valence-electron chi connectivity index (χ0n) is 15.0. The maximum atomic E-state index is 12.7. The highest BCUT2D eigenvalue weighted by Gasteiger charge is 2.19. The molecule has 0 unspecified atom stereocenters. The highest BCUT2D eigenvalue weighted by atomic mass is 16.5. The summed E-state index contributed by atoms with van der Waals surface area (Å²) in [7, 11) is 4.60. The number of benzene rings is 2. The number of rotatable bonds is 6. The number of carbonyl (C=O) groups excluding carboxylic acids is 1. The average Bonchev–Trinajstić information content (AvgIpc) is 2.61. The highest BCUT2D eigenvalue weighted by molar-refractivity contribution is 6.11. The number of aromatic hydroxyl groups is 1. The summed E-state index contributed by atoms with van der Waals surface area (Å²) < 4.78 is 15.8. The molecule has 1 N–H and O–H groups in total. The number of aryl methyl sites for hydroxylation is 2. The van der Waals surface area contributed by atoms with Crippen LogP contribution in [0.25, 0.3) is 6.08 Å². The van der Waals surface area contributed by atoms with E-state index >= 15 is 0 Å². The van der Waals surface area contributed by atoms with Crippen molar-refractivity contribution in [1.82, 2.24) is 0 Å². The minimum atomic E-state index is -0.356. The number of hydrogen-bond acceptors (Lipinski definition) is 5. The molecule has 2 rings (SSSR count). The Morgan fingerprint density at radius 2 is 1.72 bits per heavy atom. The summed E-state index contributed by atoms with van der Waals surface area (Å²) in [5.41, 5.74) is 2.25. The molecule has 0 heterocycles. The molecule has 0 radical (unpaired) electrons. The van der Waals surface area contributed by atoms with E-state index in [1.807, 2.05) is 6.92 Å². The summed E-state index contributed by atoms with van der Waals surface area (Å²) in [4.78, 5) is 12.7. The Labute approximate surface area is 147 Å². The van der Waals surface area contributed by atoms with E-state index in [9.17, 15) is 9.90 Å². The van der Waals surface area contributed by atoms with E-state index in [1.165, 1.54) is 13.2 Å². The van der Waals surface area contributed by atoms with Gasteiger partial charge in [0.25, 0.3) is 0 Å². The molecule has 0 aliphatic carbocycles. The first-order valence-electron chi connectivity index (χ1n) is 7.74. The van der Waals surface area contributed by atoms with E-state index in [0.29, 0.717) is 28.4 Å². The first-order chi connectivity index (χ1) is 11.9. The summed E-state index contributed by atoms with van der Waals surface area (Å²) in [6.45, 7) is 3.57. The number of phenols is 1. The number of phenolic OH excluding ortho intramolecular Hbond substituents is 1. The third-order valence-electron chi connectivity index (χ3n) is 3.93. The summed E-state index contributed by atoms with van der Waals surface area (Å²) in [6.07, 6.45) is 3.01. The minimum absolute atomic E-state index is 0.0743. The zero-order chi connectivity index (χ0) is 18.6. The van der Waals surface area contributed by atoms with Crippen LogP contribution < -0.4 is 14.2 Å². The van der Waals surface area contributed by atoms with Crippen molar-refractivity contribution in [3.63, 3.8) is 0 Å². The summed E-state index contributed by atoms with van der Waals surface area (Å²) in [5.74, 6) is 1.21. The molecule has 0 spiro atoms. The van der Waals surface area contributed by atoms with Crippen LogP contribution in [0.5, 0.6) is 23.0 Å². The fraction of sp³-hybridized carbons (Fsp3) is 0.250. The quantitative estimate of drug-likeness (QED) is 0.636. The van der Waals surface area contributed by atoms with E-state index in [4.69, 9.17) is 14.2 Å². The molecule has 0 bridgehead atoms. The number of hydrogen-bond donors (Lipinski definition) is 1. The third-order valence-corrected chi connectivity index (χ3v) is 3.93. The molecule has 25 heavy (non-hydrogen) atoms. The summed E-state index contributed by atoms with van der Waals surface area (Å²) >= 11 is 0. The second-order valence-corrected chi connectivity index (χ2v) is 5.57. The smallest absolute Gasteiger partial charge is 0.193 e. The van der Waals surface area contributed by atoms with E-state index < -0.39 is 0 Å². The fourth-order valence-electron chi connectivity index (χ4n) is 2.67. The Hall–Kier alpha value is -2.95. The van der Waals surface area contributed by atoms with Crippen LogP contribution in [0.4, 0.5) is 0 Å². The van der Waals surface area contributed by atoms with Crippen molar-refractivity contribution in [3.8, 4) is 23.0 Å². The lowest BCUT2D eigenvalue weighted by Crippen LogP contribution is -2.03. The van der Waals surface area contributed by atoms with Crippen molar-refractivity contribution in [2.24, 2.45) is 0 Å². The number of ether oxygens (including phenoxy) is 3. The van der Waals surface area contributed by atoms with Crippen LogP contribution in [0.3, 0.4) is 0 Å².